The minimum absolute atomic E-state index is 0.00109. The van der Waals surface area contributed by atoms with Gasteiger partial charge < -0.3 is 21.7 Å². The second-order valence-electron chi connectivity index (χ2n) is 6.95. The van der Waals surface area contributed by atoms with Crippen LogP contribution < -0.4 is 21.7 Å². The highest BCUT2D eigenvalue weighted by Gasteiger charge is 2.28. The molecule has 166 valence electrons. The molecule has 32 heavy (non-hydrogen) atoms. The summed E-state index contributed by atoms with van der Waals surface area (Å²) in [6.07, 6.45) is -0.298. The molecule has 1 aliphatic rings. The number of nitrogens with zero attached hydrogens (tertiary/aromatic N) is 4. The van der Waals surface area contributed by atoms with Crippen LogP contribution in [0.4, 0.5) is 36.3 Å². The van der Waals surface area contributed by atoms with E-state index in [0.29, 0.717) is 24.2 Å². The third-order valence-electron chi connectivity index (χ3n) is 4.62. The number of amides is 2. The number of primary amides is 1. The van der Waals surface area contributed by atoms with Gasteiger partial charge in [0, 0.05) is 30.2 Å². The molecule has 0 unspecified atom stereocenters. The van der Waals surface area contributed by atoms with Gasteiger partial charge in [-0.25, -0.2) is 4.98 Å². The van der Waals surface area contributed by atoms with Crippen LogP contribution in [0.15, 0.2) is 36.8 Å². The van der Waals surface area contributed by atoms with Gasteiger partial charge in [-0.05, 0) is 24.1 Å². The third-order valence-corrected chi connectivity index (χ3v) is 4.62. The van der Waals surface area contributed by atoms with Gasteiger partial charge in [0.1, 0.15) is 17.9 Å². The highest BCUT2D eigenvalue weighted by molar-refractivity contribution is 6.00. The molecule has 0 fully saturated rings. The normalized spacial score (nSPS) is 13.3. The highest BCUT2D eigenvalue weighted by Crippen LogP contribution is 2.28. The van der Waals surface area contributed by atoms with Gasteiger partial charge in [0.25, 0.3) is 11.8 Å². The first-order chi connectivity index (χ1) is 15.2. The van der Waals surface area contributed by atoms with Crippen LogP contribution in [0.5, 0.6) is 0 Å². The van der Waals surface area contributed by atoms with Crippen LogP contribution in [0.2, 0.25) is 0 Å². The van der Waals surface area contributed by atoms with E-state index in [9.17, 15) is 22.8 Å². The average Bonchev–Trinajstić information content (AvgIpc) is 3.13. The van der Waals surface area contributed by atoms with E-state index in [2.05, 4.69) is 31.0 Å². The summed E-state index contributed by atoms with van der Waals surface area (Å²) in [7, 11) is 0. The molecule has 0 bridgehead atoms. The van der Waals surface area contributed by atoms with Crippen molar-refractivity contribution < 1.29 is 22.8 Å². The molecule has 3 heterocycles. The molecule has 0 aliphatic carbocycles. The van der Waals surface area contributed by atoms with Gasteiger partial charge >= 0.3 is 6.18 Å². The molecule has 0 saturated heterocycles. The molecule has 1 aliphatic heterocycles. The minimum Gasteiger partial charge on any atom is -0.365 e. The van der Waals surface area contributed by atoms with Crippen molar-refractivity contribution in [2.45, 2.75) is 19.1 Å². The van der Waals surface area contributed by atoms with Gasteiger partial charge in [-0.2, -0.15) is 23.3 Å². The Morgan fingerprint density at radius 3 is 2.81 bits per heavy atom. The maximum atomic E-state index is 12.5. The number of nitrogens with one attached hydrogen (secondary N) is 3. The lowest BCUT2D eigenvalue weighted by molar-refractivity contribution is -0.142. The predicted molar refractivity (Wildman–Crippen MR) is 108 cm³/mol. The van der Waals surface area contributed by atoms with E-state index < -0.39 is 18.6 Å². The maximum absolute atomic E-state index is 12.5. The Kier molecular flexibility index (Phi) is 5.38. The smallest absolute Gasteiger partial charge is 0.365 e. The zero-order chi connectivity index (χ0) is 22.9. The van der Waals surface area contributed by atoms with Gasteiger partial charge in [0.05, 0.1) is 11.9 Å². The summed E-state index contributed by atoms with van der Waals surface area (Å²) in [4.78, 5) is 32.2. The molecule has 4 rings (SSSR count). The Morgan fingerprint density at radius 2 is 2.06 bits per heavy atom. The van der Waals surface area contributed by atoms with Crippen LogP contribution in [-0.2, 0) is 13.0 Å². The van der Waals surface area contributed by atoms with Crippen LogP contribution in [0.25, 0.3) is 0 Å². The summed E-state index contributed by atoms with van der Waals surface area (Å²) in [5, 5.41) is 12.2. The van der Waals surface area contributed by atoms with Gasteiger partial charge in [-0.15, -0.1) is 0 Å². The Balaban J connectivity index is 1.62. The van der Waals surface area contributed by atoms with E-state index in [4.69, 9.17) is 5.73 Å². The number of halogens is 3. The fourth-order valence-corrected chi connectivity index (χ4v) is 3.25. The Morgan fingerprint density at radius 1 is 1.25 bits per heavy atom. The van der Waals surface area contributed by atoms with E-state index in [-0.39, 0.29) is 28.9 Å². The number of nitrogens with two attached hydrogens (primary N) is 1. The number of alkyl halides is 3. The molecule has 3 aromatic rings. The molecule has 5 N–H and O–H groups in total. The van der Waals surface area contributed by atoms with Crippen molar-refractivity contribution in [1.82, 2.24) is 25.1 Å². The van der Waals surface area contributed by atoms with Crippen molar-refractivity contribution in [3.63, 3.8) is 0 Å². The van der Waals surface area contributed by atoms with Gasteiger partial charge in [-0.1, -0.05) is 6.07 Å². The van der Waals surface area contributed by atoms with Crippen molar-refractivity contribution in [2.24, 2.45) is 5.73 Å². The first-order valence-electron chi connectivity index (χ1n) is 9.40. The summed E-state index contributed by atoms with van der Waals surface area (Å²) < 4.78 is 38.3. The molecule has 0 saturated carbocycles. The lowest BCUT2D eigenvalue weighted by Crippen LogP contribution is -2.32. The van der Waals surface area contributed by atoms with E-state index in [1.165, 1.54) is 12.4 Å². The number of hydrogen-bond donors (Lipinski definition) is 4. The largest absolute Gasteiger partial charge is 0.408 e. The molecule has 1 aromatic carbocycles. The Bertz CT molecular complexity index is 1190. The van der Waals surface area contributed by atoms with Crippen molar-refractivity contribution >= 4 is 35.0 Å². The van der Waals surface area contributed by atoms with Crippen molar-refractivity contribution in [3.8, 4) is 0 Å². The van der Waals surface area contributed by atoms with Crippen molar-refractivity contribution in [1.29, 1.82) is 0 Å². The van der Waals surface area contributed by atoms with Crippen LogP contribution in [0.3, 0.4) is 0 Å². The van der Waals surface area contributed by atoms with Crippen LogP contribution in [0, 0.1) is 0 Å². The summed E-state index contributed by atoms with van der Waals surface area (Å²) in [5.74, 6) is -0.894. The predicted octanol–water partition coefficient (Wildman–Crippen LogP) is 2.11. The quantitative estimate of drug-likeness (QED) is 0.455. The Labute approximate surface area is 179 Å². The number of carbonyl (C=O) groups excluding carboxylic acids is 2. The van der Waals surface area contributed by atoms with Gasteiger partial charge in [0.2, 0.25) is 5.95 Å². The molecule has 2 aromatic heterocycles. The second-order valence-corrected chi connectivity index (χ2v) is 6.95. The first kappa shape index (κ1) is 21.1. The zero-order valence-electron chi connectivity index (χ0n) is 16.4. The van der Waals surface area contributed by atoms with Crippen molar-refractivity contribution in [3.05, 3.63) is 53.5 Å². The SMILES string of the molecule is NC(=O)c1cnc(Nc2cnn(CC(F)(F)F)c2)nc1Nc1cccc2c1CCNC2=O. The van der Waals surface area contributed by atoms with Gasteiger partial charge in [0.15, 0.2) is 0 Å². The lowest BCUT2D eigenvalue weighted by Gasteiger charge is -2.20. The summed E-state index contributed by atoms with van der Waals surface area (Å²) >= 11 is 0. The average molecular weight is 446 g/mol. The number of aromatic nitrogens is 4. The molecule has 13 heteroatoms. The number of hydrogen-bond acceptors (Lipinski definition) is 7. The van der Waals surface area contributed by atoms with E-state index >= 15 is 0 Å². The first-order valence-corrected chi connectivity index (χ1v) is 9.40. The van der Waals surface area contributed by atoms with Gasteiger partial charge in [-0.3, -0.25) is 14.3 Å². The lowest BCUT2D eigenvalue weighted by atomic mass is 9.98. The molecule has 0 atom stereocenters. The van der Waals surface area contributed by atoms with E-state index in [0.717, 1.165) is 16.4 Å². The molecule has 0 spiro atoms. The topological polar surface area (TPSA) is 140 Å². The fraction of sp³-hybridized carbons (Fsp3) is 0.211. The molecule has 2 amide bonds. The highest BCUT2D eigenvalue weighted by atomic mass is 19.4. The van der Waals surface area contributed by atoms with E-state index in [1.54, 1.807) is 18.2 Å². The van der Waals surface area contributed by atoms with Crippen LogP contribution >= 0.6 is 0 Å². The Hall–Kier alpha value is -4.16. The zero-order valence-corrected chi connectivity index (χ0v) is 16.4. The number of fused-ring (bicyclic) bond motifs is 1. The molecular weight excluding hydrogens is 429 g/mol. The van der Waals surface area contributed by atoms with E-state index in [1.807, 2.05) is 0 Å². The second kappa shape index (κ2) is 8.17. The van der Waals surface area contributed by atoms with Crippen LogP contribution in [0.1, 0.15) is 26.3 Å². The molecule has 10 nitrogen and oxygen atoms in total. The third kappa shape index (κ3) is 4.61. The monoisotopic (exact) mass is 446 g/mol. The molecular formula is C19H17F3N8O2. The fourth-order valence-electron chi connectivity index (χ4n) is 3.25. The number of benzene rings is 1. The number of carbonyl (C=O) groups is 2. The standard InChI is InChI=1S/C19H17F3N8O2/c20-19(21,22)9-30-8-10(6-26-30)27-18-25-7-13(15(23)31)16(29-18)28-14-3-1-2-12-11(14)4-5-24-17(12)32/h1-3,6-8H,4-5,9H2,(H2,23,31)(H,24,32)(H2,25,27,28,29). The maximum Gasteiger partial charge on any atom is 0.408 e. The van der Waals surface area contributed by atoms with Crippen molar-refractivity contribution in [2.75, 3.05) is 17.2 Å². The number of anilines is 4. The summed E-state index contributed by atoms with van der Waals surface area (Å²) in [6.45, 7) is -0.776. The summed E-state index contributed by atoms with van der Waals surface area (Å²) in [6, 6.07) is 5.11. The van der Waals surface area contributed by atoms with Crippen LogP contribution in [-0.4, -0.2) is 44.3 Å². The summed E-state index contributed by atoms with van der Waals surface area (Å²) in [5.41, 5.74) is 7.49. The number of rotatable bonds is 6. The molecule has 0 radical (unpaired) electrons. The minimum atomic E-state index is -4.41.